The number of nitrogens with zero attached hydrogens (tertiary/aromatic N) is 1. The van der Waals surface area contributed by atoms with Crippen molar-refractivity contribution in [3.05, 3.63) is 24.5 Å². The smallest absolute Gasteiger partial charge is 0.150 e. The van der Waals surface area contributed by atoms with E-state index in [-0.39, 0.29) is 0 Å². The van der Waals surface area contributed by atoms with Crippen LogP contribution in [0.1, 0.15) is 13.3 Å². The normalized spacial score (nSPS) is 9.44. The fourth-order valence-electron chi connectivity index (χ4n) is 0.363. The minimum atomic E-state index is 0.520. The molecule has 0 aliphatic carbocycles. The van der Waals surface area contributed by atoms with Gasteiger partial charge in [-0.2, -0.15) is 0 Å². The van der Waals surface area contributed by atoms with Crippen LogP contribution in [0.4, 0.5) is 0 Å². The summed E-state index contributed by atoms with van der Waals surface area (Å²) in [6.45, 7) is 8.71. The molecule has 9 heavy (non-hydrogen) atoms. The van der Waals surface area contributed by atoms with Gasteiger partial charge in [-0.25, -0.2) is 0 Å². The minimum Gasteiger partial charge on any atom is -0.358 e. The van der Waals surface area contributed by atoms with Gasteiger partial charge in [0.15, 0.2) is 0 Å². The van der Waals surface area contributed by atoms with Crippen LogP contribution in [0.5, 0.6) is 0 Å². The van der Waals surface area contributed by atoms with Crippen molar-refractivity contribution in [1.82, 2.24) is 0 Å². The van der Waals surface area contributed by atoms with Crippen LogP contribution in [0, 0.1) is 0 Å². The fraction of sp³-hybridized carbons (Fsp3) is 0.286. The third-order valence-electron chi connectivity index (χ3n) is 0.721. The van der Waals surface area contributed by atoms with Gasteiger partial charge in [-0.3, -0.25) is 0 Å². The summed E-state index contributed by atoms with van der Waals surface area (Å²) < 4.78 is 0. The van der Waals surface area contributed by atoms with E-state index in [4.69, 9.17) is 0 Å². The van der Waals surface area contributed by atoms with Gasteiger partial charge in [0.05, 0.1) is 0 Å². The predicted octanol–water partition coefficient (Wildman–Crippen LogP) is 2.10. The average molecular weight is 125 g/mol. The van der Waals surface area contributed by atoms with Crippen LogP contribution in [0.3, 0.4) is 0 Å². The Balaban J connectivity index is 3.49. The monoisotopic (exact) mass is 125 g/mol. The first-order valence-corrected chi connectivity index (χ1v) is 2.79. The van der Waals surface area contributed by atoms with Crippen LogP contribution in [0.25, 0.3) is 0 Å². The van der Waals surface area contributed by atoms with E-state index in [1.807, 2.05) is 13.0 Å². The largest absolute Gasteiger partial charge is 0.358 e. The van der Waals surface area contributed by atoms with Crippen LogP contribution < -0.4 is 0 Å². The summed E-state index contributed by atoms with van der Waals surface area (Å²) in [4.78, 5) is 4.58. The number of allylic oxidation sites excluding steroid dienone is 2. The Kier molecular flexibility index (Phi) is 4.50. The van der Waals surface area contributed by atoms with Gasteiger partial charge in [0.1, 0.15) is 5.76 Å². The molecule has 0 aliphatic heterocycles. The molecule has 0 atom stereocenters. The Morgan fingerprint density at radius 1 is 1.78 bits per heavy atom. The van der Waals surface area contributed by atoms with E-state index in [0.717, 1.165) is 6.42 Å². The quantitative estimate of drug-likeness (QED) is 0.244. The summed E-state index contributed by atoms with van der Waals surface area (Å²) in [6, 6.07) is 0. The molecule has 0 N–H and O–H groups in total. The van der Waals surface area contributed by atoms with Gasteiger partial charge in [-0.05, 0) is 12.5 Å². The van der Waals surface area contributed by atoms with Crippen molar-refractivity contribution >= 4 is 6.72 Å². The Labute approximate surface area is 55.5 Å². The van der Waals surface area contributed by atoms with Gasteiger partial charge < -0.3 is 4.84 Å². The van der Waals surface area contributed by atoms with Crippen molar-refractivity contribution in [2.24, 2.45) is 5.16 Å². The highest BCUT2D eigenvalue weighted by atomic mass is 16.6. The molecular weight excluding hydrogens is 114 g/mol. The summed E-state index contributed by atoms with van der Waals surface area (Å²) in [6.07, 6.45) is 4.67. The lowest BCUT2D eigenvalue weighted by Crippen LogP contribution is -1.74. The molecule has 0 unspecified atom stereocenters. The lowest BCUT2D eigenvalue weighted by Gasteiger charge is -1.91. The van der Waals surface area contributed by atoms with Gasteiger partial charge in [0.2, 0.25) is 0 Å². The molecule has 2 heteroatoms. The highest BCUT2D eigenvalue weighted by Gasteiger charge is 1.80. The predicted molar refractivity (Wildman–Crippen MR) is 39.2 cm³/mol. The number of oxime groups is 1. The van der Waals surface area contributed by atoms with E-state index in [2.05, 4.69) is 23.3 Å². The Bertz CT molecular complexity index is 127. The second kappa shape index (κ2) is 5.09. The maximum atomic E-state index is 4.58. The van der Waals surface area contributed by atoms with Crippen LogP contribution in [-0.4, -0.2) is 6.72 Å². The second-order valence-corrected chi connectivity index (χ2v) is 1.50. The molecule has 0 spiro atoms. The highest BCUT2D eigenvalue weighted by Crippen LogP contribution is 1.95. The summed E-state index contributed by atoms with van der Waals surface area (Å²) >= 11 is 0. The molecule has 0 saturated heterocycles. The molecular formula is C7H11NO. The van der Waals surface area contributed by atoms with E-state index in [1.165, 1.54) is 0 Å². The van der Waals surface area contributed by atoms with Crippen molar-refractivity contribution in [2.75, 3.05) is 0 Å². The first-order valence-electron chi connectivity index (χ1n) is 2.79. The van der Waals surface area contributed by atoms with E-state index in [9.17, 15) is 0 Å². The first-order chi connectivity index (χ1) is 4.31. The van der Waals surface area contributed by atoms with E-state index < -0.39 is 0 Å². The zero-order chi connectivity index (χ0) is 7.11. The van der Waals surface area contributed by atoms with E-state index in [0.29, 0.717) is 5.76 Å². The Hall–Kier alpha value is -1.05. The van der Waals surface area contributed by atoms with E-state index in [1.54, 1.807) is 6.08 Å². The third kappa shape index (κ3) is 4.81. The number of rotatable bonds is 4. The molecule has 0 saturated carbocycles. The zero-order valence-electron chi connectivity index (χ0n) is 5.63. The summed E-state index contributed by atoms with van der Waals surface area (Å²) in [5, 5.41) is 3.19. The maximum Gasteiger partial charge on any atom is 0.150 e. The lowest BCUT2D eigenvalue weighted by atomic mass is 10.4. The Morgan fingerprint density at radius 2 is 2.44 bits per heavy atom. The molecule has 0 aromatic carbocycles. The van der Waals surface area contributed by atoms with Crippen molar-refractivity contribution in [2.45, 2.75) is 13.3 Å². The van der Waals surface area contributed by atoms with Crippen molar-refractivity contribution < 1.29 is 4.84 Å². The van der Waals surface area contributed by atoms with Gasteiger partial charge >= 0.3 is 0 Å². The summed E-state index contributed by atoms with van der Waals surface area (Å²) in [7, 11) is 0. The van der Waals surface area contributed by atoms with Crippen LogP contribution in [0.15, 0.2) is 29.6 Å². The lowest BCUT2D eigenvalue weighted by molar-refractivity contribution is 0.246. The van der Waals surface area contributed by atoms with Gasteiger partial charge in [-0.1, -0.05) is 24.7 Å². The van der Waals surface area contributed by atoms with Crippen LogP contribution >= 0.6 is 0 Å². The van der Waals surface area contributed by atoms with Crippen molar-refractivity contribution in [3.63, 3.8) is 0 Å². The maximum absolute atomic E-state index is 4.58. The van der Waals surface area contributed by atoms with Crippen molar-refractivity contribution in [1.29, 1.82) is 0 Å². The second-order valence-electron chi connectivity index (χ2n) is 1.50. The molecule has 50 valence electrons. The standard InChI is InChI=1S/C7H11NO/c1-4-5-6-7(2)9-8-3/h5-6H,2-4H2,1H3/b6-5-. The zero-order valence-corrected chi connectivity index (χ0v) is 5.63. The summed E-state index contributed by atoms with van der Waals surface area (Å²) in [5.41, 5.74) is 0. The molecule has 0 aliphatic rings. The van der Waals surface area contributed by atoms with Crippen molar-refractivity contribution in [3.8, 4) is 0 Å². The molecule has 0 heterocycles. The average Bonchev–Trinajstić information content (AvgIpc) is 1.85. The molecule has 0 rings (SSSR count). The molecule has 0 aromatic rings. The van der Waals surface area contributed by atoms with Crippen LogP contribution in [0.2, 0.25) is 0 Å². The number of hydrogen-bond donors (Lipinski definition) is 0. The molecule has 0 aromatic heterocycles. The molecule has 0 bridgehead atoms. The summed E-state index contributed by atoms with van der Waals surface area (Å²) in [5.74, 6) is 0.520. The van der Waals surface area contributed by atoms with Crippen LogP contribution in [-0.2, 0) is 4.84 Å². The number of hydrogen-bond acceptors (Lipinski definition) is 2. The Morgan fingerprint density at radius 3 is 2.89 bits per heavy atom. The molecule has 0 radical (unpaired) electrons. The minimum absolute atomic E-state index is 0.520. The SMILES string of the molecule is C=NOC(=C)/C=C\CC. The van der Waals surface area contributed by atoms with Gasteiger partial charge in [0.25, 0.3) is 0 Å². The van der Waals surface area contributed by atoms with Gasteiger partial charge in [-0.15, -0.1) is 0 Å². The first kappa shape index (κ1) is 7.95. The highest BCUT2D eigenvalue weighted by molar-refractivity contribution is 5.22. The van der Waals surface area contributed by atoms with E-state index >= 15 is 0 Å². The molecule has 2 nitrogen and oxygen atoms in total. The fourth-order valence-corrected chi connectivity index (χ4v) is 0.363. The van der Waals surface area contributed by atoms with Gasteiger partial charge in [0, 0.05) is 6.72 Å². The third-order valence-corrected chi connectivity index (χ3v) is 0.721. The topological polar surface area (TPSA) is 21.6 Å². The molecule has 0 fully saturated rings. The molecule has 0 amide bonds.